The van der Waals surface area contributed by atoms with Crippen molar-refractivity contribution in [2.75, 3.05) is 33.4 Å². The zero-order valence-electron chi connectivity index (χ0n) is 12.0. The van der Waals surface area contributed by atoms with Gasteiger partial charge in [0.05, 0.1) is 6.61 Å². The van der Waals surface area contributed by atoms with Crippen LogP contribution >= 0.6 is 0 Å². The van der Waals surface area contributed by atoms with Crippen molar-refractivity contribution in [3.05, 3.63) is 0 Å². The summed E-state index contributed by atoms with van der Waals surface area (Å²) in [5.74, 6) is 0.742. The van der Waals surface area contributed by atoms with Gasteiger partial charge in [-0.2, -0.15) is 0 Å². The van der Waals surface area contributed by atoms with Crippen LogP contribution in [0.5, 0.6) is 0 Å². The molecule has 3 heteroatoms. The van der Waals surface area contributed by atoms with Crippen molar-refractivity contribution < 1.29 is 4.74 Å². The lowest BCUT2D eigenvalue weighted by molar-refractivity contribution is 0.102. The molecule has 0 radical (unpaired) electrons. The molecule has 1 saturated heterocycles. The molecule has 0 saturated carbocycles. The number of nitrogens with one attached hydrogen (secondary N) is 1. The average molecular weight is 242 g/mol. The first-order valence-corrected chi connectivity index (χ1v) is 7.16. The molecule has 1 fully saturated rings. The topological polar surface area (TPSA) is 24.5 Å². The van der Waals surface area contributed by atoms with Gasteiger partial charge in [-0.05, 0) is 32.7 Å². The summed E-state index contributed by atoms with van der Waals surface area (Å²) in [5.41, 5.74) is 0. The Morgan fingerprint density at radius 1 is 1.29 bits per heavy atom. The standard InChI is InChI=1S/C14H30N2O/c1-5-6-8-17-9-7-15-14-10-13(3)16(4)11-12(14)2/h12-15H,5-11H2,1-4H3. The molecule has 0 aromatic carbocycles. The molecule has 3 atom stereocenters. The Morgan fingerprint density at radius 3 is 2.76 bits per heavy atom. The molecule has 0 bridgehead atoms. The summed E-state index contributed by atoms with van der Waals surface area (Å²) in [5, 5.41) is 3.65. The first kappa shape index (κ1) is 14.9. The molecule has 0 aromatic heterocycles. The largest absolute Gasteiger partial charge is 0.380 e. The van der Waals surface area contributed by atoms with Gasteiger partial charge in [0, 0.05) is 31.8 Å². The smallest absolute Gasteiger partial charge is 0.0591 e. The number of unbranched alkanes of at least 4 members (excludes halogenated alkanes) is 1. The van der Waals surface area contributed by atoms with E-state index in [0.29, 0.717) is 12.1 Å². The maximum atomic E-state index is 5.58. The van der Waals surface area contributed by atoms with Crippen molar-refractivity contribution in [1.29, 1.82) is 0 Å². The third-order valence-corrected chi connectivity index (χ3v) is 3.91. The summed E-state index contributed by atoms with van der Waals surface area (Å²) in [7, 11) is 2.23. The second-order valence-corrected chi connectivity index (χ2v) is 5.53. The minimum Gasteiger partial charge on any atom is -0.380 e. The maximum Gasteiger partial charge on any atom is 0.0591 e. The molecule has 0 aromatic rings. The first-order valence-electron chi connectivity index (χ1n) is 7.16. The van der Waals surface area contributed by atoms with Gasteiger partial charge in [0.25, 0.3) is 0 Å². The van der Waals surface area contributed by atoms with Gasteiger partial charge in [0.1, 0.15) is 0 Å². The SMILES string of the molecule is CCCCOCCNC1CC(C)N(C)CC1C. The van der Waals surface area contributed by atoms with E-state index in [-0.39, 0.29) is 0 Å². The van der Waals surface area contributed by atoms with Crippen molar-refractivity contribution in [2.24, 2.45) is 5.92 Å². The fourth-order valence-electron chi connectivity index (χ4n) is 2.49. The lowest BCUT2D eigenvalue weighted by atomic mass is 9.90. The van der Waals surface area contributed by atoms with Crippen LogP contribution in [0.15, 0.2) is 0 Å². The molecule has 3 unspecified atom stereocenters. The van der Waals surface area contributed by atoms with Gasteiger partial charge in [-0.15, -0.1) is 0 Å². The van der Waals surface area contributed by atoms with E-state index < -0.39 is 0 Å². The minimum atomic E-state index is 0.663. The molecule has 0 aliphatic carbocycles. The summed E-state index contributed by atoms with van der Waals surface area (Å²) >= 11 is 0. The molecule has 1 aliphatic rings. The number of rotatable bonds is 7. The van der Waals surface area contributed by atoms with Crippen LogP contribution in [0, 0.1) is 5.92 Å². The van der Waals surface area contributed by atoms with Gasteiger partial charge in [-0.25, -0.2) is 0 Å². The van der Waals surface area contributed by atoms with Crippen LogP contribution in [0.2, 0.25) is 0 Å². The van der Waals surface area contributed by atoms with Crippen LogP contribution in [-0.4, -0.2) is 50.3 Å². The molecule has 17 heavy (non-hydrogen) atoms. The van der Waals surface area contributed by atoms with E-state index in [0.717, 1.165) is 25.7 Å². The van der Waals surface area contributed by atoms with E-state index in [2.05, 4.69) is 38.0 Å². The Morgan fingerprint density at radius 2 is 2.06 bits per heavy atom. The summed E-state index contributed by atoms with van der Waals surface area (Å²) < 4.78 is 5.58. The van der Waals surface area contributed by atoms with E-state index in [1.165, 1.54) is 25.8 Å². The second-order valence-electron chi connectivity index (χ2n) is 5.53. The van der Waals surface area contributed by atoms with Crippen LogP contribution in [-0.2, 0) is 4.74 Å². The molecule has 1 aliphatic heterocycles. The summed E-state index contributed by atoms with van der Waals surface area (Å²) in [6, 6.07) is 1.36. The van der Waals surface area contributed by atoms with E-state index in [1.807, 2.05) is 0 Å². The predicted octanol–water partition coefficient (Wildman–Crippen LogP) is 2.12. The van der Waals surface area contributed by atoms with Gasteiger partial charge in [-0.1, -0.05) is 20.3 Å². The highest BCUT2D eigenvalue weighted by molar-refractivity contribution is 4.85. The zero-order chi connectivity index (χ0) is 12.7. The number of ether oxygens (including phenoxy) is 1. The number of likely N-dealkylation sites (tertiary alicyclic amines) is 1. The lowest BCUT2D eigenvalue weighted by Crippen LogP contribution is -2.51. The molecule has 3 nitrogen and oxygen atoms in total. The molecule has 0 spiro atoms. The van der Waals surface area contributed by atoms with Gasteiger partial charge in [0.15, 0.2) is 0 Å². The van der Waals surface area contributed by atoms with Crippen LogP contribution in [0.4, 0.5) is 0 Å². The Hall–Kier alpha value is -0.120. The highest BCUT2D eigenvalue weighted by Crippen LogP contribution is 2.20. The molecule has 0 amide bonds. The molecule has 1 rings (SSSR count). The van der Waals surface area contributed by atoms with Gasteiger partial charge in [-0.3, -0.25) is 0 Å². The average Bonchev–Trinajstić information content (AvgIpc) is 2.30. The van der Waals surface area contributed by atoms with Gasteiger partial charge >= 0.3 is 0 Å². The van der Waals surface area contributed by atoms with Crippen LogP contribution < -0.4 is 5.32 Å². The second kappa shape index (κ2) is 8.06. The van der Waals surface area contributed by atoms with Crippen molar-refractivity contribution >= 4 is 0 Å². The number of piperidine rings is 1. The third-order valence-electron chi connectivity index (χ3n) is 3.91. The Bertz CT molecular complexity index is 199. The van der Waals surface area contributed by atoms with Crippen molar-refractivity contribution in [2.45, 2.75) is 52.1 Å². The highest BCUT2D eigenvalue weighted by atomic mass is 16.5. The molecule has 1 heterocycles. The quantitative estimate of drug-likeness (QED) is 0.692. The van der Waals surface area contributed by atoms with Crippen LogP contribution in [0.25, 0.3) is 0 Å². The summed E-state index contributed by atoms with van der Waals surface area (Å²) in [6.07, 6.45) is 3.66. The van der Waals surface area contributed by atoms with Crippen LogP contribution in [0.1, 0.15) is 40.0 Å². The lowest BCUT2D eigenvalue weighted by Gasteiger charge is -2.40. The Balaban J connectivity index is 2.10. The molecule has 1 N–H and O–H groups in total. The third kappa shape index (κ3) is 5.36. The molecular formula is C14H30N2O. The highest BCUT2D eigenvalue weighted by Gasteiger charge is 2.28. The maximum absolute atomic E-state index is 5.58. The van der Waals surface area contributed by atoms with E-state index >= 15 is 0 Å². The fraction of sp³-hybridized carbons (Fsp3) is 1.00. The van der Waals surface area contributed by atoms with E-state index in [1.54, 1.807) is 0 Å². The van der Waals surface area contributed by atoms with Gasteiger partial charge < -0.3 is 15.0 Å². The predicted molar refractivity (Wildman–Crippen MR) is 73.4 cm³/mol. The number of nitrogens with zero attached hydrogens (tertiary/aromatic N) is 1. The van der Waals surface area contributed by atoms with Crippen molar-refractivity contribution in [3.63, 3.8) is 0 Å². The van der Waals surface area contributed by atoms with Gasteiger partial charge in [0.2, 0.25) is 0 Å². The zero-order valence-corrected chi connectivity index (χ0v) is 12.0. The summed E-state index contributed by atoms with van der Waals surface area (Å²) in [4.78, 5) is 2.46. The van der Waals surface area contributed by atoms with Crippen molar-refractivity contribution in [3.8, 4) is 0 Å². The van der Waals surface area contributed by atoms with E-state index in [9.17, 15) is 0 Å². The number of hydrogen-bond acceptors (Lipinski definition) is 3. The van der Waals surface area contributed by atoms with Crippen molar-refractivity contribution in [1.82, 2.24) is 10.2 Å². The number of hydrogen-bond donors (Lipinski definition) is 1. The monoisotopic (exact) mass is 242 g/mol. The molecular weight excluding hydrogens is 212 g/mol. The first-order chi connectivity index (χ1) is 8.15. The van der Waals surface area contributed by atoms with Crippen LogP contribution in [0.3, 0.4) is 0 Å². The Kier molecular flexibility index (Phi) is 7.09. The molecule has 102 valence electrons. The fourth-order valence-corrected chi connectivity index (χ4v) is 2.49. The Labute approximate surface area is 107 Å². The minimum absolute atomic E-state index is 0.663. The normalized spacial score (nSPS) is 30.7. The van der Waals surface area contributed by atoms with E-state index in [4.69, 9.17) is 4.74 Å². The summed E-state index contributed by atoms with van der Waals surface area (Å²) in [6.45, 7) is 10.8.